The Labute approximate surface area is 223 Å². The number of hydrogen-bond donors (Lipinski definition) is 2. The molecule has 192 valence electrons. The highest BCUT2D eigenvalue weighted by Gasteiger charge is 2.35. The third-order valence-electron chi connectivity index (χ3n) is 6.59. The normalized spacial score (nSPS) is 17.1. The Morgan fingerprint density at radius 3 is 2.78 bits per heavy atom. The summed E-state index contributed by atoms with van der Waals surface area (Å²) < 4.78 is 5.46. The number of pyridine rings is 3. The number of carbonyl (C=O) groups is 1. The minimum Gasteiger partial charge on any atom is -0.494 e. The minimum atomic E-state index is -0.358. The molecule has 1 aliphatic rings. The van der Waals surface area contributed by atoms with E-state index in [2.05, 4.69) is 39.0 Å². The lowest BCUT2D eigenvalue weighted by Crippen LogP contribution is -2.48. The van der Waals surface area contributed by atoms with Gasteiger partial charge in [-0.25, -0.2) is 15.0 Å². The first-order chi connectivity index (χ1) is 17.6. The number of nitrogens with one attached hydrogen (secondary N) is 1. The quantitative estimate of drug-likeness (QED) is 0.342. The van der Waals surface area contributed by atoms with Gasteiger partial charge < -0.3 is 14.7 Å². The zero-order chi connectivity index (χ0) is 26.3. The van der Waals surface area contributed by atoms with Gasteiger partial charge in [0.25, 0.3) is 5.91 Å². The maximum Gasteiger partial charge on any atom is 0.259 e. The van der Waals surface area contributed by atoms with Crippen molar-refractivity contribution in [2.75, 3.05) is 30.4 Å². The molecule has 4 aromatic heterocycles. The highest BCUT2D eigenvalue weighted by atomic mass is 35.5. The lowest BCUT2D eigenvalue weighted by atomic mass is 9.81. The predicted molar refractivity (Wildman–Crippen MR) is 146 cm³/mol. The number of aliphatic hydroxyl groups is 1. The number of nitrogens with zero attached hydrogens (tertiary/aromatic N) is 5. The SMILES string of the molecule is COc1cnc(Cl)cc1-c1cc(C)ncc1C(=O)Nc1nc2ccc(N3CCC(O)C(C)(C)C3)nc2s1. The molecule has 1 fully saturated rings. The first kappa shape index (κ1) is 25.3. The van der Waals surface area contributed by atoms with Crippen molar-refractivity contribution < 1.29 is 14.6 Å². The molecule has 1 saturated heterocycles. The van der Waals surface area contributed by atoms with Gasteiger partial charge in [-0.15, -0.1) is 0 Å². The Hall–Kier alpha value is -3.34. The molecule has 0 radical (unpaired) electrons. The van der Waals surface area contributed by atoms with E-state index >= 15 is 0 Å². The number of halogens is 1. The molecule has 5 rings (SSSR count). The van der Waals surface area contributed by atoms with E-state index in [9.17, 15) is 9.90 Å². The molecule has 5 heterocycles. The average molecular weight is 539 g/mol. The van der Waals surface area contributed by atoms with Crippen molar-refractivity contribution >= 4 is 50.1 Å². The monoisotopic (exact) mass is 538 g/mol. The van der Waals surface area contributed by atoms with Crippen molar-refractivity contribution in [3.63, 3.8) is 0 Å². The van der Waals surface area contributed by atoms with E-state index in [0.29, 0.717) is 46.1 Å². The number of anilines is 2. The fourth-order valence-electron chi connectivity index (χ4n) is 4.50. The smallest absolute Gasteiger partial charge is 0.259 e. The summed E-state index contributed by atoms with van der Waals surface area (Å²) in [5.74, 6) is 0.971. The van der Waals surface area contributed by atoms with Gasteiger partial charge in [-0.3, -0.25) is 15.1 Å². The molecule has 37 heavy (non-hydrogen) atoms. The molecule has 0 aromatic carbocycles. The second kappa shape index (κ2) is 9.85. The molecule has 2 N–H and O–H groups in total. The zero-order valence-electron chi connectivity index (χ0n) is 20.9. The Bertz CT molecular complexity index is 1490. The van der Waals surface area contributed by atoms with E-state index in [0.717, 1.165) is 22.9 Å². The minimum absolute atomic E-state index is 0.219. The molecule has 9 nitrogen and oxygen atoms in total. The van der Waals surface area contributed by atoms with E-state index in [4.69, 9.17) is 21.3 Å². The van der Waals surface area contributed by atoms with Crippen molar-refractivity contribution in [1.29, 1.82) is 0 Å². The van der Waals surface area contributed by atoms with Gasteiger partial charge in [-0.05, 0) is 37.6 Å². The number of aromatic nitrogens is 4. The standard InChI is InChI=1S/C26H27ClN6O3S/c1-14-9-15(16-10-21(27)29-12-19(16)36-4)17(11-28-14)23(35)32-25-30-18-5-6-22(31-24(18)37-25)33-8-7-20(34)26(2,3)13-33/h5-6,9-12,20,34H,7-8,13H2,1-4H3,(H,30,32,35). The second-order valence-corrected chi connectivity index (χ2v) is 11.1. The number of amides is 1. The lowest BCUT2D eigenvalue weighted by molar-refractivity contribution is 0.0334. The summed E-state index contributed by atoms with van der Waals surface area (Å²) in [5, 5.41) is 13.9. The van der Waals surface area contributed by atoms with Gasteiger partial charge in [0.2, 0.25) is 0 Å². The summed E-state index contributed by atoms with van der Waals surface area (Å²) in [4.78, 5) is 34.0. The molecule has 0 saturated carbocycles. The third kappa shape index (κ3) is 5.09. The van der Waals surface area contributed by atoms with Gasteiger partial charge >= 0.3 is 0 Å². The molecule has 0 aliphatic carbocycles. The highest BCUT2D eigenvalue weighted by molar-refractivity contribution is 7.22. The number of hydrogen-bond acceptors (Lipinski definition) is 9. The maximum atomic E-state index is 13.4. The first-order valence-electron chi connectivity index (χ1n) is 11.8. The van der Waals surface area contributed by atoms with Crippen molar-refractivity contribution in [1.82, 2.24) is 19.9 Å². The summed E-state index contributed by atoms with van der Waals surface area (Å²) in [6.07, 6.45) is 3.42. The molecule has 4 aromatic rings. The molecule has 0 bridgehead atoms. The van der Waals surface area contributed by atoms with Crippen LogP contribution in [-0.4, -0.2) is 57.3 Å². The lowest BCUT2D eigenvalue weighted by Gasteiger charge is -2.42. The summed E-state index contributed by atoms with van der Waals surface area (Å²) >= 11 is 7.46. The van der Waals surface area contributed by atoms with Gasteiger partial charge in [0.05, 0.1) is 25.0 Å². The molecule has 1 aliphatic heterocycles. The number of thiazole rings is 1. The van der Waals surface area contributed by atoms with Gasteiger partial charge in [0.1, 0.15) is 27.1 Å². The fourth-order valence-corrected chi connectivity index (χ4v) is 5.48. The Kier molecular flexibility index (Phi) is 6.74. The Balaban J connectivity index is 1.43. The fraction of sp³-hybridized carbons (Fsp3) is 0.346. The van der Waals surface area contributed by atoms with E-state index in [-0.39, 0.29) is 22.6 Å². The van der Waals surface area contributed by atoms with Crippen LogP contribution in [-0.2, 0) is 0 Å². The molecule has 11 heteroatoms. The van der Waals surface area contributed by atoms with E-state index in [1.54, 1.807) is 6.07 Å². The van der Waals surface area contributed by atoms with Crippen LogP contribution in [0.15, 0.2) is 36.7 Å². The van der Waals surface area contributed by atoms with Gasteiger partial charge in [0.15, 0.2) is 5.13 Å². The zero-order valence-corrected chi connectivity index (χ0v) is 22.5. The van der Waals surface area contributed by atoms with Crippen molar-refractivity contribution in [2.45, 2.75) is 33.3 Å². The number of aliphatic hydroxyl groups excluding tert-OH is 1. The number of ether oxygens (including phenoxy) is 1. The molecule has 0 spiro atoms. The maximum absolute atomic E-state index is 13.4. The number of carbonyl (C=O) groups excluding carboxylic acids is 1. The van der Waals surface area contributed by atoms with Crippen molar-refractivity contribution in [3.8, 4) is 16.9 Å². The summed E-state index contributed by atoms with van der Waals surface area (Å²) in [6.45, 7) is 7.41. The van der Waals surface area contributed by atoms with Gasteiger partial charge in [-0.1, -0.05) is 36.8 Å². The second-order valence-electron chi connectivity index (χ2n) is 9.76. The number of aryl methyl sites for hydroxylation is 1. The van der Waals surface area contributed by atoms with Crippen molar-refractivity contribution in [3.05, 3.63) is 53.1 Å². The molecular weight excluding hydrogens is 512 g/mol. The van der Waals surface area contributed by atoms with Crippen LogP contribution in [0.1, 0.15) is 36.3 Å². The molecule has 1 amide bonds. The predicted octanol–water partition coefficient (Wildman–Crippen LogP) is 4.97. The van der Waals surface area contributed by atoms with Crippen LogP contribution in [0, 0.1) is 12.3 Å². The van der Waals surface area contributed by atoms with E-state index < -0.39 is 0 Å². The molecule has 1 unspecified atom stereocenters. The van der Waals surface area contributed by atoms with Crippen LogP contribution in [0.5, 0.6) is 5.75 Å². The third-order valence-corrected chi connectivity index (χ3v) is 7.67. The summed E-state index contributed by atoms with van der Waals surface area (Å²) in [7, 11) is 1.54. The first-order valence-corrected chi connectivity index (χ1v) is 13.0. The van der Waals surface area contributed by atoms with Crippen LogP contribution < -0.4 is 15.0 Å². The van der Waals surface area contributed by atoms with Crippen LogP contribution in [0.25, 0.3) is 21.5 Å². The van der Waals surface area contributed by atoms with Crippen LogP contribution in [0.4, 0.5) is 10.9 Å². The average Bonchev–Trinajstić information content (AvgIpc) is 3.26. The van der Waals surface area contributed by atoms with E-state index in [1.807, 2.05) is 25.1 Å². The topological polar surface area (TPSA) is 113 Å². The number of methoxy groups -OCH3 is 1. The van der Waals surface area contributed by atoms with Gasteiger partial charge in [-0.2, -0.15) is 0 Å². The van der Waals surface area contributed by atoms with E-state index in [1.165, 1.54) is 30.8 Å². The Morgan fingerprint density at radius 2 is 2.03 bits per heavy atom. The van der Waals surface area contributed by atoms with Crippen molar-refractivity contribution in [2.24, 2.45) is 5.41 Å². The molecular formula is C26H27ClN6O3S. The number of rotatable bonds is 5. The van der Waals surface area contributed by atoms with Crippen LogP contribution in [0.2, 0.25) is 5.15 Å². The van der Waals surface area contributed by atoms with Crippen LogP contribution in [0.3, 0.4) is 0 Å². The highest BCUT2D eigenvalue weighted by Crippen LogP contribution is 2.36. The van der Waals surface area contributed by atoms with Crippen LogP contribution >= 0.6 is 22.9 Å². The summed E-state index contributed by atoms with van der Waals surface area (Å²) in [5.41, 5.74) is 2.85. The Morgan fingerprint density at radius 1 is 1.22 bits per heavy atom. The number of piperidine rings is 1. The largest absolute Gasteiger partial charge is 0.494 e. The molecule has 1 atom stereocenters. The number of fused-ring (bicyclic) bond motifs is 1. The van der Waals surface area contributed by atoms with Gasteiger partial charge in [0, 0.05) is 41.5 Å². The summed E-state index contributed by atoms with van der Waals surface area (Å²) in [6, 6.07) is 7.32.